The maximum Gasteiger partial charge on any atom is 0.416 e. The number of ether oxygens (including phenoxy) is 1. The maximum atomic E-state index is 11.9. The molecule has 2 N–H and O–H groups in total. The number of carbonyl (C=O) groups excluding carboxylic acids is 2. The van der Waals surface area contributed by atoms with Crippen LogP contribution in [-0.2, 0) is 9.53 Å². The van der Waals surface area contributed by atoms with Crippen molar-refractivity contribution in [1.82, 2.24) is 4.90 Å². The Balaban J connectivity index is 2.61. The first-order chi connectivity index (χ1) is 8.32. The van der Waals surface area contributed by atoms with Gasteiger partial charge in [0.1, 0.15) is 6.61 Å². The molecule has 1 heterocycles. The fourth-order valence-electron chi connectivity index (χ4n) is 1.99. The minimum atomic E-state index is -0.946. The number of carbonyl (C=O) groups is 2. The number of hydrogen-bond acceptors (Lipinski definition) is 5. The number of rotatable bonds is 5. The summed E-state index contributed by atoms with van der Waals surface area (Å²) in [6.45, 7) is 5.54. The molecule has 0 aromatic carbocycles. The zero-order valence-corrected chi connectivity index (χ0v) is 11.0. The van der Waals surface area contributed by atoms with Crippen molar-refractivity contribution in [2.75, 3.05) is 6.61 Å². The number of imide groups is 1. The molecular weight excluding hydrogens is 238 g/mol. The van der Waals surface area contributed by atoms with Crippen molar-refractivity contribution < 1.29 is 24.5 Å². The zero-order valence-electron chi connectivity index (χ0n) is 11.0. The topological polar surface area (TPSA) is 87.1 Å². The summed E-state index contributed by atoms with van der Waals surface area (Å²) >= 11 is 0. The molecule has 18 heavy (non-hydrogen) atoms. The third-order valence-corrected chi connectivity index (χ3v) is 2.97. The summed E-state index contributed by atoms with van der Waals surface area (Å²) in [4.78, 5) is 24.5. The van der Waals surface area contributed by atoms with E-state index in [-0.39, 0.29) is 31.4 Å². The van der Waals surface area contributed by atoms with Gasteiger partial charge in [0.15, 0.2) is 0 Å². The van der Waals surface area contributed by atoms with Gasteiger partial charge in [-0.1, -0.05) is 13.8 Å². The van der Waals surface area contributed by atoms with Crippen LogP contribution in [0.1, 0.15) is 33.6 Å². The van der Waals surface area contributed by atoms with Gasteiger partial charge in [0.25, 0.3) is 0 Å². The van der Waals surface area contributed by atoms with Crippen LogP contribution in [-0.4, -0.2) is 52.0 Å². The van der Waals surface area contributed by atoms with E-state index in [2.05, 4.69) is 0 Å². The number of aliphatic hydroxyl groups is 2. The molecular formula is C12H21NO5. The molecule has 0 saturated carbocycles. The van der Waals surface area contributed by atoms with Crippen LogP contribution < -0.4 is 0 Å². The van der Waals surface area contributed by atoms with Crippen LogP contribution in [0.5, 0.6) is 0 Å². The van der Waals surface area contributed by atoms with E-state index in [0.717, 1.165) is 4.90 Å². The van der Waals surface area contributed by atoms with Gasteiger partial charge in [0, 0.05) is 0 Å². The predicted molar refractivity (Wildman–Crippen MR) is 63.7 cm³/mol. The van der Waals surface area contributed by atoms with Crippen molar-refractivity contribution in [3.63, 3.8) is 0 Å². The van der Waals surface area contributed by atoms with Crippen LogP contribution in [0, 0.1) is 5.92 Å². The molecule has 2 amide bonds. The van der Waals surface area contributed by atoms with Gasteiger partial charge in [0.2, 0.25) is 5.91 Å². The Morgan fingerprint density at radius 1 is 1.44 bits per heavy atom. The fraction of sp³-hybridized carbons (Fsp3) is 0.833. The second-order valence-electron chi connectivity index (χ2n) is 5.09. The summed E-state index contributed by atoms with van der Waals surface area (Å²) in [6, 6.07) is -0.274. The van der Waals surface area contributed by atoms with E-state index in [9.17, 15) is 14.7 Å². The highest BCUT2D eigenvalue weighted by Gasteiger charge is 2.39. The van der Waals surface area contributed by atoms with Crippen LogP contribution in [0.2, 0.25) is 0 Å². The molecule has 0 aliphatic carbocycles. The van der Waals surface area contributed by atoms with Crippen molar-refractivity contribution in [3.05, 3.63) is 0 Å². The standard InChI is InChI=1S/C12H21NO5/c1-7(2)10-6-18-12(17)13(10)11(16)5-9(15)4-8(3)14/h7-10,14-15H,4-6H2,1-3H3/t8-,9-,10+/m0/s1. The number of amides is 2. The third kappa shape index (κ3) is 3.68. The van der Waals surface area contributed by atoms with E-state index in [1.807, 2.05) is 13.8 Å². The minimum absolute atomic E-state index is 0.106. The summed E-state index contributed by atoms with van der Waals surface area (Å²) in [5, 5.41) is 18.7. The van der Waals surface area contributed by atoms with Gasteiger partial charge < -0.3 is 14.9 Å². The highest BCUT2D eigenvalue weighted by Crippen LogP contribution is 2.21. The SMILES string of the molecule is CC(C)[C@H]1COC(=O)N1C(=O)C[C@@H](O)C[C@H](C)O. The lowest BCUT2D eigenvalue weighted by Crippen LogP contribution is -2.43. The van der Waals surface area contributed by atoms with Crippen molar-refractivity contribution >= 4 is 12.0 Å². The average molecular weight is 259 g/mol. The summed E-state index contributed by atoms with van der Waals surface area (Å²) < 4.78 is 4.86. The fourth-order valence-corrected chi connectivity index (χ4v) is 1.99. The number of hydrogen-bond donors (Lipinski definition) is 2. The molecule has 0 aromatic rings. The van der Waals surface area contributed by atoms with Crippen molar-refractivity contribution in [2.24, 2.45) is 5.92 Å². The van der Waals surface area contributed by atoms with Gasteiger partial charge in [0.05, 0.1) is 24.7 Å². The van der Waals surface area contributed by atoms with Crippen LogP contribution >= 0.6 is 0 Å². The lowest BCUT2D eigenvalue weighted by Gasteiger charge is -2.23. The molecule has 1 fully saturated rings. The molecule has 1 saturated heterocycles. The first kappa shape index (κ1) is 14.9. The predicted octanol–water partition coefficient (Wildman–Crippen LogP) is 0.512. The lowest BCUT2D eigenvalue weighted by molar-refractivity contribution is -0.132. The summed E-state index contributed by atoms with van der Waals surface area (Å²) in [6.07, 6.45) is -2.34. The molecule has 0 bridgehead atoms. The smallest absolute Gasteiger partial charge is 0.416 e. The molecule has 6 nitrogen and oxygen atoms in total. The van der Waals surface area contributed by atoms with Crippen molar-refractivity contribution in [2.45, 2.75) is 51.9 Å². The van der Waals surface area contributed by atoms with Gasteiger partial charge >= 0.3 is 6.09 Å². The van der Waals surface area contributed by atoms with Gasteiger partial charge in [-0.2, -0.15) is 0 Å². The Labute approximate surface area is 107 Å². The van der Waals surface area contributed by atoms with E-state index in [1.165, 1.54) is 6.92 Å². The molecule has 104 valence electrons. The molecule has 0 aromatic heterocycles. The van der Waals surface area contributed by atoms with Crippen LogP contribution in [0.4, 0.5) is 4.79 Å². The largest absolute Gasteiger partial charge is 0.447 e. The number of cyclic esters (lactones) is 1. The van der Waals surface area contributed by atoms with Crippen LogP contribution in [0.15, 0.2) is 0 Å². The Kier molecular flexibility index (Phi) is 5.10. The van der Waals surface area contributed by atoms with E-state index in [0.29, 0.717) is 0 Å². The number of nitrogens with zero attached hydrogens (tertiary/aromatic N) is 1. The Morgan fingerprint density at radius 3 is 2.56 bits per heavy atom. The highest BCUT2D eigenvalue weighted by molar-refractivity contribution is 5.93. The monoisotopic (exact) mass is 259 g/mol. The zero-order chi connectivity index (χ0) is 13.9. The molecule has 1 aliphatic heterocycles. The first-order valence-electron chi connectivity index (χ1n) is 6.17. The summed E-state index contributed by atoms with van der Waals surface area (Å²) in [7, 11) is 0. The van der Waals surface area contributed by atoms with E-state index < -0.39 is 24.2 Å². The second-order valence-corrected chi connectivity index (χ2v) is 5.09. The molecule has 0 spiro atoms. The number of aliphatic hydroxyl groups excluding tert-OH is 2. The lowest BCUT2D eigenvalue weighted by atomic mass is 10.0. The molecule has 1 aliphatic rings. The molecule has 6 heteroatoms. The molecule has 0 unspecified atom stereocenters. The van der Waals surface area contributed by atoms with Crippen LogP contribution in [0.25, 0.3) is 0 Å². The average Bonchev–Trinajstić information content (AvgIpc) is 2.58. The summed E-state index contributed by atoms with van der Waals surface area (Å²) in [5.41, 5.74) is 0. The van der Waals surface area contributed by atoms with Gasteiger partial charge in [-0.3, -0.25) is 4.79 Å². The van der Waals surface area contributed by atoms with Gasteiger partial charge in [-0.05, 0) is 19.3 Å². The van der Waals surface area contributed by atoms with Crippen molar-refractivity contribution in [3.8, 4) is 0 Å². The Hall–Kier alpha value is -1.14. The van der Waals surface area contributed by atoms with Gasteiger partial charge in [-0.15, -0.1) is 0 Å². The van der Waals surface area contributed by atoms with Gasteiger partial charge in [-0.25, -0.2) is 9.69 Å². The van der Waals surface area contributed by atoms with Crippen LogP contribution in [0.3, 0.4) is 0 Å². The molecule has 3 atom stereocenters. The normalized spacial score (nSPS) is 23.1. The van der Waals surface area contributed by atoms with E-state index in [4.69, 9.17) is 9.84 Å². The minimum Gasteiger partial charge on any atom is -0.447 e. The molecule has 0 radical (unpaired) electrons. The first-order valence-corrected chi connectivity index (χ1v) is 6.17. The Bertz CT molecular complexity index is 316. The third-order valence-electron chi connectivity index (χ3n) is 2.97. The van der Waals surface area contributed by atoms with E-state index >= 15 is 0 Å². The second kappa shape index (κ2) is 6.15. The van der Waals surface area contributed by atoms with Crippen molar-refractivity contribution in [1.29, 1.82) is 0 Å². The molecule has 1 rings (SSSR count). The highest BCUT2D eigenvalue weighted by atomic mass is 16.6. The Morgan fingerprint density at radius 2 is 2.06 bits per heavy atom. The maximum absolute atomic E-state index is 11.9. The summed E-state index contributed by atoms with van der Waals surface area (Å²) in [5.74, 6) is -0.348. The quantitative estimate of drug-likeness (QED) is 0.751. The van der Waals surface area contributed by atoms with E-state index in [1.54, 1.807) is 0 Å².